The number of carbonyl (C=O) groups is 1. The molecule has 5 rings (SSSR count). The molecule has 0 radical (unpaired) electrons. The van der Waals surface area contributed by atoms with Crippen LogP contribution in [0.5, 0.6) is 11.5 Å². The van der Waals surface area contributed by atoms with E-state index in [-0.39, 0.29) is 12.0 Å². The van der Waals surface area contributed by atoms with Gasteiger partial charge in [0.25, 0.3) is 5.91 Å². The van der Waals surface area contributed by atoms with E-state index in [9.17, 15) is 4.79 Å². The van der Waals surface area contributed by atoms with E-state index < -0.39 is 0 Å². The third kappa shape index (κ3) is 4.51. The molecule has 0 aliphatic carbocycles. The summed E-state index contributed by atoms with van der Waals surface area (Å²) in [5.74, 6) is 2.09. The van der Waals surface area contributed by atoms with Crippen LogP contribution in [-0.2, 0) is 6.42 Å². The Labute approximate surface area is 201 Å². The Hall–Kier alpha value is -3.72. The molecule has 1 atom stereocenters. The van der Waals surface area contributed by atoms with Crippen LogP contribution in [0.15, 0.2) is 55.0 Å². The lowest BCUT2D eigenvalue weighted by Crippen LogP contribution is -2.40. The van der Waals surface area contributed by atoms with Crippen LogP contribution in [0.3, 0.4) is 0 Å². The molecule has 0 fully saturated rings. The van der Waals surface area contributed by atoms with Crippen LogP contribution in [-0.4, -0.2) is 53.7 Å². The number of fused-ring (bicyclic) bond motifs is 2. The molecule has 8 nitrogen and oxygen atoms in total. The second-order valence-corrected chi connectivity index (χ2v) is 9.13. The van der Waals surface area contributed by atoms with Crippen LogP contribution < -0.4 is 19.7 Å². The lowest BCUT2D eigenvalue weighted by atomic mass is 10.1. The highest BCUT2D eigenvalue weighted by atomic mass is 32.1. The van der Waals surface area contributed by atoms with Crippen LogP contribution in [0.1, 0.15) is 20.9 Å². The van der Waals surface area contributed by atoms with E-state index in [1.165, 1.54) is 11.3 Å². The Bertz CT molecular complexity index is 1310. The number of nitrogens with one attached hydrogen (secondary N) is 1. The van der Waals surface area contributed by atoms with Crippen molar-refractivity contribution in [2.45, 2.75) is 19.4 Å². The zero-order valence-electron chi connectivity index (χ0n) is 19.0. The van der Waals surface area contributed by atoms with E-state index in [2.05, 4.69) is 25.2 Å². The van der Waals surface area contributed by atoms with Crippen LogP contribution in [0, 0.1) is 6.92 Å². The first-order chi connectivity index (χ1) is 16.6. The highest BCUT2D eigenvalue weighted by molar-refractivity contribution is 7.20. The quantitative estimate of drug-likeness (QED) is 0.436. The van der Waals surface area contributed by atoms with Gasteiger partial charge in [0.2, 0.25) is 0 Å². The summed E-state index contributed by atoms with van der Waals surface area (Å²) in [7, 11) is 2.00. The molecule has 1 amide bonds. The second kappa shape index (κ2) is 9.64. The maximum atomic E-state index is 13.0. The molecular formula is C25H25N5O3S. The summed E-state index contributed by atoms with van der Waals surface area (Å²) in [5, 5.41) is 3.90. The highest BCUT2D eigenvalue weighted by Crippen LogP contribution is 2.35. The van der Waals surface area contributed by atoms with Crippen molar-refractivity contribution in [2.75, 3.05) is 31.6 Å². The first-order valence-corrected chi connectivity index (χ1v) is 11.9. The zero-order valence-corrected chi connectivity index (χ0v) is 19.8. The normalized spacial score (nSPS) is 14.7. The predicted molar refractivity (Wildman–Crippen MR) is 132 cm³/mol. The smallest absolute Gasteiger partial charge is 0.261 e. The standard InChI is InChI=1S/C25H25N5O3S/c1-16-21-23(30(2)12-10-17-7-5-6-11-26-17)28-15-29-25(21)34-22(16)24(31)27-13-18-14-32-19-8-3-4-9-20(19)33-18/h3-9,11,15,18H,10,12-14H2,1-2H3,(H,27,31). The number of nitrogens with zero attached hydrogens (tertiary/aromatic N) is 4. The number of pyridine rings is 1. The van der Waals surface area contributed by atoms with Crippen molar-refractivity contribution in [3.8, 4) is 11.5 Å². The van der Waals surface area contributed by atoms with E-state index in [4.69, 9.17) is 9.47 Å². The number of aromatic nitrogens is 3. The van der Waals surface area contributed by atoms with Gasteiger partial charge in [-0.3, -0.25) is 9.78 Å². The van der Waals surface area contributed by atoms with Crippen LogP contribution in [0.25, 0.3) is 10.2 Å². The van der Waals surface area contributed by atoms with Gasteiger partial charge < -0.3 is 19.7 Å². The molecule has 4 heterocycles. The summed E-state index contributed by atoms with van der Waals surface area (Å²) in [5.41, 5.74) is 1.90. The van der Waals surface area contributed by atoms with Crippen molar-refractivity contribution < 1.29 is 14.3 Å². The van der Waals surface area contributed by atoms with E-state index in [1.807, 2.05) is 56.4 Å². The molecule has 4 aromatic rings. The molecule has 9 heteroatoms. The summed E-state index contributed by atoms with van der Waals surface area (Å²) in [6.07, 6.45) is 3.90. The number of benzene rings is 1. The maximum absolute atomic E-state index is 13.0. The summed E-state index contributed by atoms with van der Waals surface area (Å²) < 4.78 is 11.7. The number of likely N-dealkylation sites (N-methyl/N-ethyl adjacent to an activating group) is 1. The number of anilines is 1. The second-order valence-electron chi connectivity index (χ2n) is 8.13. The van der Waals surface area contributed by atoms with Crippen molar-refractivity contribution in [1.82, 2.24) is 20.3 Å². The lowest BCUT2D eigenvalue weighted by molar-refractivity contribution is 0.0791. The molecule has 1 aliphatic heterocycles. The average Bonchev–Trinajstić information content (AvgIpc) is 3.23. The molecule has 1 unspecified atom stereocenters. The van der Waals surface area contributed by atoms with Gasteiger partial charge in [-0.1, -0.05) is 18.2 Å². The monoisotopic (exact) mass is 475 g/mol. The topological polar surface area (TPSA) is 89.5 Å². The third-order valence-electron chi connectivity index (χ3n) is 5.76. The number of para-hydroxylation sites is 2. The SMILES string of the molecule is Cc1c(C(=O)NCC2COc3ccccc3O2)sc2ncnc(N(C)CCc3ccccn3)c12. The van der Waals surface area contributed by atoms with Gasteiger partial charge in [0, 0.05) is 31.9 Å². The van der Waals surface area contributed by atoms with Crippen molar-refractivity contribution in [3.63, 3.8) is 0 Å². The first-order valence-electron chi connectivity index (χ1n) is 11.1. The maximum Gasteiger partial charge on any atom is 0.261 e. The third-order valence-corrected chi connectivity index (χ3v) is 6.96. The largest absolute Gasteiger partial charge is 0.486 e. The number of thiophene rings is 1. The van der Waals surface area contributed by atoms with Crippen molar-refractivity contribution in [2.24, 2.45) is 0 Å². The van der Waals surface area contributed by atoms with E-state index in [0.717, 1.165) is 46.0 Å². The highest BCUT2D eigenvalue weighted by Gasteiger charge is 2.24. The Morgan fingerprint density at radius 2 is 1.97 bits per heavy atom. The number of carbonyl (C=O) groups excluding carboxylic acids is 1. The van der Waals surface area contributed by atoms with E-state index in [0.29, 0.717) is 23.8 Å². The lowest BCUT2D eigenvalue weighted by Gasteiger charge is -2.26. The van der Waals surface area contributed by atoms with Crippen LogP contribution in [0.4, 0.5) is 5.82 Å². The molecule has 0 spiro atoms. The number of hydrogen-bond acceptors (Lipinski definition) is 8. The fourth-order valence-corrected chi connectivity index (χ4v) is 5.00. The minimum absolute atomic E-state index is 0.148. The van der Waals surface area contributed by atoms with Gasteiger partial charge in [-0.15, -0.1) is 11.3 Å². The summed E-state index contributed by atoms with van der Waals surface area (Å²) in [6.45, 7) is 3.44. The molecule has 1 N–H and O–H groups in total. The fourth-order valence-electron chi connectivity index (χ4n) is 3.94. The van der Waals surface area contributed by atoms with Gasteiger partial charge in [0.15, 0.2) is 11.5 Å². The number of aryl methyl sites for hydroxylation is 1. The number of rotatable bonds is 7. The number of ether oxygens (including phenoxy) is 2. The minimum atomic E-state index is -0.249. The molecule has 174 valence electrons. The van der Waals surface area contributed by atoms with E-state index >= 15 is 0 Å². The molecule has 1 aliphatic rings. The molecule has 1 aromatic carbocycles. The summed E-state index contributed by atoms with van der Waals surface area (Å²) >= 11 is 1.38. The van der Waals surface area contributed by atoms with Gasteiger partial charge >= 0.3 is 0 Å². The Morgan fingerprint density at radius 1 is 1.15 bits per heavy atom. The Kier molecular flexibility index (Phi) is 6.27. The molecule has 0 bridgehead atoms. The van der Waals surface area contributed by atoms with E-state index in [1.54, 1.807) is 12.5 Å². The molecule has 3 aromatic heterocycles. The van der Waals surface area contributed by atoms with Crippen molar-refractivity contribution in [1.29, 1.82) is 0 Å². The van der Waals surface area contributed by atoms with Gasteiger partial charge in [0.1, 0.15) is 29.7 Å². The fraction of sp³-hybridized carbons (Fsp3) is 0.280. The minimum Gasteiger partial charge on any atom is -0.486 e. The Balaban J connectivity index is 1.28. The molecule has 0 saturated carbocycles. The molecule has 34 heavy (non-hydrogen) atoms. The summed E-state index contributed by atoms with van der Waals surface area (Å²) in [4.78, 5) is 29.9. The zero-order chi connectivity index (χ0) is 23.5. The van der Waals surface area contributed by atoms with Crippen molar-refractivity contribution >= 4 is 33.3 Å². The number of amides is 1. The van der Waals surface area contributed by atoms with Gasteiger partial charge in [-0.25, -0.2) is 9.97 Å². The first kappa shape index (κ1) is 22.1. The van der Waals surface area contributed by atoms with Crippen LogP contribution in [0.2, 0.25) is 0 Å². The van der Waals surface area contributed by atoms with Gasteiger partial charge in [-0.2, -0.15) is 0 Å². The van der Waals surface area contributed by atoms with Gasteiger partial charge in [0.05, 0.1) is 16.8 Å². The van der Waals surface area contributed by atoms with Crippen LogP contribution >= 0.6 is 11.3 Å². The van der Waals surface area contributed by atoms with Crippen molar-refractivity contribution in [3.05, 3.63) is 71.1 Å². The molecule has 0 saturated heterocycles. The summed E-state index contributed by atoms with van der Waals surface area (Å²) in [6, 6.07) is 13.5. The predicted octanol–water partition coefficient (Wildman–Crippen LogP) is 3.64. The van der Waals surface area contributed by atoms with Gasteiger partial charge in [-0.05, 0) is 36.8 Å². The Morgan fingerprint density at radius 3 is 2.79 bits per heavy atom. The number of hydrogen-bond donors (Lipinski definition) is 1. The molecular weight excluding hydrogens is 450 g/mol. The average molecular weight is 476 g/mol.